The second-order valence-electron chi connectivity index (χ2n) is 4.14. The van der Waals surface area contributed by atoms with Crippen molar-refractivity contribution in [2.45, 2.75) is 19.9 Å². The maximum atomic E-state index is 12.1. The van der Waals surface area contributed by atoms with E-state index in [1.165, 1.54) is 39.1 Å². The van der Waals surface area contributed by atoms with Gasteiger partial charge in [0.1, 0.15) is 6.04 Å². The van der Waals surface area contributed by atoms with Gasteiger partial charge in [0.15, 0.2) is 0 Å². The fourth-order valence-electron chi connectivity index (χ4n) is 1.58. The minimum absolute atomic E-state index is 0.129. The lowest BCUT2D eigenvalue weighted by molar-refractivity contribution is -0.385. The van der Waals surface area contributed by atoms with Crippen LogP contribution in [-0.2, 0) is 4.79 Å². The number of amides is 1. The van der Waals surface area contributed by atoms with Crippen LogP contribution in [0.25, 0.3) is 0 Å². The number of benzene rings is 1. The molecule has 0 aromatic heterocycles. The average molecular weight is 266 g/mol. The second kappa shape index (κ2) is 5.47. The molecule has 1 aromatic rings. The quantitative estimate of drug-likeness (QED) is 0.656. The molecular formula is C12H14N2O5. The van der Waals surface area contributed by atoms with Crippen LogP contribution in [0.2, 0.25) is 0 Å². The summed E-state index contributed by atoms with van der Waals surface area (Å²) in [6, 6.07) is 3.13. The number of carbonyl (C=O) groups is 2. The first-order chi connectivity index (χ1) is 8.77. The molecule has 0 bridgehead atoms. The van der Waals surface area contributed by atoms with Crippen molar-refractivity contribution in [3.63, 3.8) is 0 Å². The summed E-state index contributed by atoms with van der Waals surface area (Å²) in [4.78, 5) is 34.2. The minimum Gasteiger partial charge on any atom is -0.480 e. The first kappa shape index (κ1) is 14.6. The third-order valence-corrected chi connectivity index (χ3v) is 2.99. The Morgan fingerprint density at radius 3 is 2.47 bits per heavy atom. The first-order valence-corrected chi connectivity index (χ1v) is 5.51. The summed E-state index contributed by atoms with van der Waals surface area (Å²) in [7, 11) is 1.35. The minimum atomic E-state index is -1.14. The Bertz CT molecular complexity index is 541. The molecule has 0 heterocycles. The van der Waals surface area contributed by atoms with Crippen LogP contribution >= 0.6 is 0 Å². The summed E-state index contributed by atoms with van der Waals surface area (Å²) >= 11 is 0. The van der Waals surface area contributed by atoms with E-state index in [9.17, 15) is 19.7 Å². The van der Waals surface area contributed by atoms with Gasteiger partial charge in [-0.1, -0.05) is 6.07 Å². The Morgan fingerprint density at radius 1 is 1.42 bits per heavy atom. The zero-order chi connectivity index (χ0) is 14.7. The number of aliphatic carboxylic acids is 1. The highest BCUT2D eigenvalue weighted by Crippen LogP contribution is 2.22. The van der Waals surface area contributed by atoms with Crippen LogP contribution in [0.5, 0.6) is 0 Å². The van der Waals surface area contributed by atoms with Gasteiger partial charge in [0.25, 0.3) is 11.6 Å². The van der Waals surface area contributed by atoms with E-state index in [0.717, 1.165) is 4.90 Å². The fourth-order valence-corrected chi connectivity index (χ4v) is 1.58. The summed E-state index contributed by atoms with van der Waals surface area (Å²) in [5.74, 6) is -1.70. The van der Waals surface area contributed by atoms with Gasteiger partial charge in [-0.2, -0.15) is 0 Å². The molecule has 102 valence electrons. The third kappa shape index (κ3) is 2.87. The molecule has 1 amide bonds. The molecule has 1 unspecified atom stereocenters. The van der Waals surface area contributed by atoms with Gasteiger partial charge in [-0.15, -0.1) is 0 Å². The number of hydrogen-bond donors (Lipinski definition) is 1. The standard InChI is InChI=1S/C12H14N2O5/c1-7-9(5-4-6-10(7)14(18)19)11(15)13(3)8(2)12(16)17/h4-6,8H,1-3H3,(H,16,17). The Labute approximate surface area is 109 Å². The van der Waals surface area contributed by atoms with Crippen LogP contribution in [0.15, 0.2) is 18.2 Å². The van der Waals surface area contributed by atoms with E-state index in [-0.39, 0.29) is 16.8 Å². The number of carbonyl (C=O) groups excluding carboxylic acids is 1. The van der Waals surface area contributed by atoms with Crippen LogP contribution in [0.3, 0.4) is 0 Å². The van der Waals surface area contributed by atoms with E-state index >= 15 is 0 Å². The molecule has 0 fully saturated rings. The van der Waals surface area contributed by atoms with E-state index in [4.69, 9.17) is 5.11 Å². The molecule has 0 radical (unpaired) electrons. The molecule has 0 aliphatic carbocycles. The largest absolute Gasteiger partial charge is 0.480 e. The molecule has 1 N–H and O–H groups in total. The maximum Gasteiger partial charge on any atom is 0.326 e. The molecule has 0 aliphatic rings. The van der Waals surface area contributed by atoms with Gasteiger partial charge < -0.3 is 10.0 Å². The molecule has 1 aromatic carbocycles. The second-order valence-corrected chi connectivity index (χ2v) is 4.14. The molecule has 0 saturated heterocycles. The van der Waals surface area contributed by atoms with Gasteiger partial charge in [0.2, 0.25) is 0 Å². The van der Waals surface area contributed by atoms with E-state index in [1.54, 1.807) is 0 Å². The molecule has 19 heavy (non-hydrogen) atoms. The Balaban J connectivity index is 3.17. The number of carboxylic acids is 1. The van der Waals surface area contributed by atoms with Crippen LogP contribution in [0.4, 0.5) is 5.69 Å². The molecule has 0 spiro atoms. The van der Waals surface area contributed by atoms with Crippen molar-refractivity contribution in [3.8, 4) is 0 Å². The van der Waals surface area contributed by atoms with Gasteiger partial charge in [-0.25, -0.2) is 4.79 Å². The molecule has 0 aliphatic heterocycles. The van der Waals surface area contributed by atoms with Crippen molar-refractivity contribution < 1.29 is 19.6 Å². The van der Waals surface area contributed by atoms with Crippen LogP contribution in [-0.4, -0.2) is 39.9 Å². The zero-order valence-corrected chi connectivity index (χ0v) is 10.8. The average Bonchev–Trinajstić information content (AvgIpc) is 2.35. The maximum absolute atomic E-state index is 12.1. The summed E-state index contributed by atoms with van der Waals surface area (Å²) in [5.41, 5.74) is 0.189. The highest BCUT2D eigenvalue weighted by atomic mass is 16.6. The summed E-state index contributed by atoms with van der Waals surface area (Å²) in [5, 5.41) is 19.7. The molecule has 0 saturated carbocycles. The highest BCUT2D eigenvalue weighted by molar-refractivity contribution is 5.98. The molecule has 1 rings (SSSR count). The van der Waals surface area contributed by atoms with Crippen molar-refractivity contribution in [1.29, 1.82) is 0 Å². The lowest BCUT2D eigenvalue weighted by Crippen LogP contribution is -2.40. The van der Waals surface area contributed by atoms with Gasteiger partial charge in [0, 0.05) is 24.2 Å². The first-order valence-electron chi connectivity index (χ1n) is 5.51. The summed E-state index contributed by atoms with van der Waals surface area (Å²) in [6.07, 6.45) is 0. The monoisotopic (exact) mass is 266 g/mol. The van der Waals surface area contributed by atoms with E-state index in [1.807, 2.05) is 0 Å². The van der Waals surface area contributed by atoms with E-state index < -0.39 is 22.8 Å². The zero-order valence-electron chi connectivity index (χ0n) is 10.8. The van der Waals surface area contributed by atoms with Gasteiger partial charge in [-0.05, 0) is 19.9 Å². The smallest absolute Gasteiger partial charge is 0.326 e. The number of nitrogens with zero attached hydrogens (tertiary/aromatic N) is 2. The lowest BCUT2D eigenvalue weighted by Gasteiger charge is -2.22. The SMILES string of the molecule is Cc1c(C(=O)N(C)C(C)C(=O)O)cccc1[N+](=O)[O-]. The summed E-state index contributed by atoms with van der Waals surface area (Å²) in [6.45, 7) is 2.83. The van der Waals surface area contributed by atoms with Gasteiger partial charge in [-0.3, -0.25) is 14.9 Å². The number of nitro benzene ring substituents is 1. The Morgan fingerprint density at radius 2 is 2.00 bits per heavy atom. The number of carboxylic acid groups (broad SMARTS) is 1. The third-order valence-electron chi connectivity index (χ3n) is 2.99. The number of hydrogen-bond acceptors (Lipinski definition) is 4. The fraction of sp³-hybridized carbons (Fsp3) is 0.333. The van der Waals surface area contributed by atoms with Crippen LogP contribution < -0.4 is 0 Å². The van der Waals surface area contributed by atoms with Crippen LogP contribution in [0, 0.1) is 17.0 Å². The van der Waals surface area contributed by atoms with Gasteiger partial charge >= 0.3 is 5.97 Å². The van der Waals surface area contributed by atoms with Crippen molar-refractivity contribution in [2.24, 2.45) is 0 Å². The number of likely N-dealkylation sites (N-methyl/N-ethyl adjacent to an activating group) is 1. The highest BCUT2D eigenvalue weighted by Gasteiger charge is 2.26. The topological polar surface area (TPSA) is 101 Å². The number of nitro groups is 1. The van der Waals surface area contributed by atoms with E-state index in [2.05, 4.69) is 0 Å². The number of rotatable bonds is 4. The van der Waals surface area contributed by atoms with Crippen molar-refractivity contribution in [3.05, 3.63) is 39.4 Å². The molecular weight excluding hydrogens is 252 g/mol. The molecule has 7 nitrogen and oxygen atoms in total. The van der Waals surface area contributed by atoms with E-state index in [0.29, 0.717) is 0 Å². The summed E-state index contributed by atoms with van der Waals surface area (Å²) < 4.78 is 0. The Kier molecular flexibility index (Phi) is 4.21. The predicted molar refractivity (Wildman–Crippen MR) is 67.0 cm³/mol. The molecule has 1 atom stereocenters. The van der Waals surface area contributed by atoms with Crippen molar-refractivity contribution >= 4 is 17.6 Å². The molecule has 7 heteroatoms. The predicted octanol–water partition coefficient (Wildman–Crippen LogP) is 1.45. The van der Waals surface area contributed by atoms with Crippen LogP contribution in [0.1, 0.15) is 22.8 Å². The van der Waals surface area contributed by atoms with Gasteiger partial charge in [0.05, 0.1) is 4.92 Å². The Hall–Kier alpha value is -2.44. The normalized spacial score (nSPS) is 11.7. The van der Waals surface area contributed by atoms with Crippen molar-refractivity contribution in [2.75, 3.05) is 7.05 Å². The van der Waals surface area contributed by atoms with Crippen molar-refractivity contribution in [1.82, 2.24) is 4.90 Å². The lowest BCUT2D eigenvalue weighted by atomic mass is 10.1.